The lowest BCUT2D eigenvalue weighted by Gasteiger charge is -2.35. The number of morpholine rings is 1. The van der Waals surface area contributed by atoms with Gasteiger partial charge < -0.3 is 9.64 Å². The van der Waals surface area contributed by atoms with Gasteiger partial charge in [-0.05, 0) is 24.8 Å². The van der Waals surface area contributed by atoms with E-state index in [1.807, 2.05) is 23.1 Å². The fourth-order valence-corrected chi connectivity index (χ4v) is 3.04. The molecule has 1 unspecified atom stereocenters. The molecule has 0 bridgehead atoms. The summed E-state index contributed by atoms with van der Waals surface area (Å²) in [5.41, 5.74) is 2.16. The third-order valence-corrected chi connectivity index (χ3v) is 4.37. The Balaban J connectivity index is 1.54. The third kappa shape index (κ3) is 4.61. The van der Waals surface area contributed by atoms with Crippen LogP contribution in [-0.2, 0) is 22.4 Å². The topological polar surface area (TPSA) is 55.3 Å². The number of aromatic nitrogens is 2. The van der Waals surface area contributed by atoms with Gasteiger partial charge in [0, 0.05) is 31.6 Å². The predicted octanol–water partition coefficient (Wildman–Crippen LogP) is 2.27. The molecule has 2 aromatic rings. The zero-order valence-corrected chi connectivity index (χ0v) is 13.8. The van der Waals surface area contributed by atoms with Crippen LogP contribution in [0.1, 0.15) is 24.1 Å². The van der Waals surface area contributed by atoms with Gasteiger partial charge in [0.25, 0.3) is 0 Å². The highest BCUT2D eigenvalue weighted by Crippen LogP contribution is 2.15. The number of carbonyl (C=O) groups excluding carboxylic acids is 1. The van der Waals surface area contributed by atoms with Crippen LogP contribution in [0, 0.1) is 0 Å². The van der Waals surface area contributed by atoms with Crippen molar-refractivity contribution in [2.24, 2.45) is 0 Å². The predicted molar refractivity (Wildman–Crippen MR) is 91.4 cm³/mol. The van der Waals surface area contributed by atoms with Crippen molar-refractivity contribution in [2.45, 2.75) is 31.7 Å². The van der Waals surface area contributed by atoms with Crippen LogP contribution in [0.3, 0.4) is 0 Å². The van der Waals surface area contributed by atoms with Crippen molar-refractivity contribution in [3.63, 3.8) is 0 Å². The van der Waals surface area contributed by atoms with E-state index >= 15 is 0 Å². The summed E-state index contributed by atoms with van der Waals surface area (Å²) in [6.45, 7) is 1.91. The van der Waals surface area contributed by atoms with Gasteiger partial charge in [-0.2, -0.15) is 0 Å². The van der Waals surface area contributed by atoms with Crippen LogP contribution >= 0.6 is 0 Å². The van der Waals surface area contributed by atoms with E-state index in [9.17, 15) is 4.79 Å². The van der Waals surface area contributed by atoms with Gasteiger partial charge in [0.05, 0.1) is 24.9 Å². The summed E-state index contributed by atoms with van der Waals surface area (Å²) in [5, 5.41) is 0. The van der Waals surface area contributed by atoms with Crippen LogP contribution in [0.25, 0.3) is 0 Å². The second kappa shape index (κ2) is 8.55. The molecule has 126 valence electrons. The number of amides is 1. The molecule has 1 atom stereocenters. The monoisotopic (exact) mass is 325 g/mol. The van der Waals surface area contributed by atoms with E-state index in [-0.39, 0.29) is 11.9 Å². The minimum absolute atomic E-state index is 0.129. The van der Waals surface area contributed by atoms with Crippen molar-refractivity contribution < 1.29 is 9.53 Å². The van der Waals surface area contributed by atoms with Crippen LogP contribution in [-0.4, -0.2) is 46.6 Å². The number of rotatable bonds is 6. The summed E-state index contributed by atoms with van der Waals surface area (Å²) < 4.78 is 5.58. The third-order valence-electron chi connectivity index (χ3n) is 4.37. The largest absolute Gasteiger partial charge is 0.377 e. The molecule has 1 fully saturated rings. The van der Waals surface area contributed by atoms with E-state index < -0.39 is 0 Å². The Kier molecular flexibility index (Phi) is 5.90. The Labute approximate surface area is 142 Å². The second-order valence-corrected chi connectivity index (χ2v) is 6.04. The molecule has 1 aromatic heterocycles. The Bertz CT molecular complexity index is 634. The molecule has 1 aromatic carbocycles. The summed E-state index contributed by atoms with van der Waals surface area (Å²) >= 11 is 0. The maximum atomic E-state index is 12.6. The first kappa shape index (κ1) is 16.6. The molecule has 5 nitrogen and oxygen atoms in total. The highest BCUT2D eigenvalue weighted by molar-refractivity contribution is 5.77. The molecular formula is C19H23N3O2. The fourth-order valence-electron chi connectivity index (χ4n) is 3.04. The van der Waals surface area contributed by atoms with Gasteiger partial charge in [0.2, 0.25) is 5.91 Å². The first-order chi connectivity index (χ1) is 11.8. The quantitative estimate of drug-likeness (QED) is 0.817. The van der Waals surface area contributed by atoms with Crippen molar-refractivity contribution >= 4 is 5.91 Å². The van der Waals surface area contributed by atoms with Crippen molar-refractivity contribution in [3.05, 3.63) is 60.2 Å². The molecule has 5 heteroatoms. The normalized spacial score (nSPS) is 17.7. The zero-order chi connectivity index (χ0) is 16.6. The Morgan fingerprint density at radius 3 is 2.88 bits per heavy atom. The van der Waals surface area contributed by atoms with Crippen LogP contribution in [0.2, 0.25) is 0 Å². The average molecular weight is 325 g/mol. The Hall–Kier alpha value is -2.27. The number of benzene rings is 1. The zero-order valence-electron chi connectivity index (χ0n) is 13.8. The van der Waals surface area contributed by atoms with Crippen molar-refractivity contribution in [3.8, 4) is 0 Å². The molecule has 0 aliphatic carbocycles. The maximum Gasteiger partial charge on any atom is 0.223 e. The molecule has 0 radical (unpaired) electrons. The smallest absolute Gasteiger partial charge is 0.223 e. The van der Waals surface area contributed by atoms with E-state index in [0.29, 0.717) is 26.2 Å². The van der Waals surface area contributed by atoms with Gasteiger partial charge in [-0.15, -0.1) is 0 Å². The number of hydrogen-bond donors (Lipinski definition) is 0. The number of nitrogens with zero attached hydrogens (tertiary/aromatic N) is 3. The number of ether oxygens (including phenoxy) is 1. The molecule has 0 saturated carbocycles. The van der Waals surface area contributed by atoms with Crippen LogP contribution in [0.5, 0.6) is 0 Å². The average Bonchev–Trinajstić information content (AvgIpc) is 2.66. The van der Waals surface area contributed by atoms with E-state index in [2.05, 4.69) is 22.1 Å². The first-order valence-electron chi connectivity index (χ1n) is 8.49. The van der Waals surface area contributed by atoms with Gasteiger partial charge >= 0.3 is 0 Å². The van der Waals surface area contributed by atoms with Crippen LogP contribution < -0.4 is 0 Å². The summed E-state index contributed by atoms with van der Waals surface area (Å²) in [7, 11) is 0. The number of carbonyl (C=O) groups is 1. The van der Waals surface area contributed by atoms with Crippen LogP contribution in [0.15, 0.2) is 48.9 Å². The minimum Gasteiger partial charge on any atom is -0.377 e. The van der Waals surface area contributed by atoms with Gasteiger partial charge in [-0.3, -0.25) is 14.8 Å². The molecule has 1 saturated heterocycles. The molecule has 1 aliphatic rings. The van der Waals surface area contributed by atoms with Gasteiger partial charge in [-0.25, -0.2) is 0 Å². The molecule has 1 amide bonds. The molecule has 1 aliphatic heterocycles. The van der Waals surface area contributed by atoms with E-state index in [1.165, 1.54) is 5.56 Å². The second-order valence-electron chi connectivity index (χ2n) is 6.04. The summed E-state index contributed by atoms with van der Waals surface area (Å²) in [4.78, 5) is 23.0. The molecule has 0 N–H and O–H groups in total. The molecule has 0 spiro atoms. The molecule has 24 heavy (non-hydrogen) atoms. The number of hydrogen-bond acceptors (Lipinski definition) is 4. The lowest BCUT2D eigenvalue weighted by Crippen LogP contribution is -2.49. The van der Waals surface area contributed by atoms with Crippen molar-refractivity contribution in [2.75, 3.05) is 19.8 Å². The standard InChI is InChI=1S/C19H23N3O2/c23-19(9-6-16-4-2-1-3-5-16)22-12-13-24-15-18(22)8-7-17-14-20-10-11-21-17/h1-5,10-11,14,18H,6-9,12-13,15H2. The summed E-state index contributed by atoms with van der Waals surface area (Å²) in [6, 6.07) is 10.3. The molecule has 3 rings (SSSR count). The summed E-state index contributed by atoms with van der Waals surface area (Å²) in [5.74, 6) is 0.214. The molecular weight excluding hydrogens is 302 g/mol. The first-order valence-corrected chi connectivity index (χ1v) is 8.49. The summed E-state index contributed by atoms with van der Waals surface area (Å²) in [6.07, 6.45) is 8.16. The highest BCUT2D eigenvalue weighted by Gasteiger charge is 2.26. The molecule has 2 heterocycles. The van der Waals surface area contributed by atoms with Gasteiger partial charge in [0.15, 0.2) is 0 Å². The van der Waals surface area contributed by atoms with Crippen molar-refractivity contribution in [1.82, 2.24) is 14.9 Å². The van der Waals surface area contributed by atoms with Crippen LogP contribution in [0.4, 0.5) is 0 Å². The fraction of sp³-hybridized carbons (Fsp3) is 0.421. The SMILES string of the molecule is O=C(CCc1ccccc1)N1CCOCC1CCc1cnccn1. The number of aryl methyl sites for hydroxylation is 2. The Morgan fingerprint density at radius 2 is 2.08 bits per heavy atom. The highest BCUT2D eigenvalue weighted by atomic mass is 16.5. The van der Waals surface area contributed by atoms with Gasteiger partial charge in [-0.1, -0.05) is 30.3 Å². The Morgan fingerprint density at radius 1 is 1.21 bits per heavy atom. The van der Waals surface area contributed by atoms with E-state index in [4.69, 9.17) is 4.74 Å². The van der Waals surface area contributed by atoms with E-state index in [1.54, 1.807) is 18.6 Å². The van der Waals surface area contributed by atoms with Crippen molar-refractivity contribution in [1.29, 1.82) is 0 Å². The minimum atomic E-state index is 0.129. The lowest BCUT2D eigenvalue weighted by molar-refractivity contribution is -0.140. The van der Waals surface area contributed by atoms with Gasteiger partial charge in [0.1, 0.15) is 0 Å². The maximum absolute atomic E-state index is 12.6. The lowest BCUT2D eigenvalue weighted by atomic mass is 10.1. The van der Waals surface area contributed by atoms with E-state index in [0.717, 1.165) is 25.0 Å².